The van der Waals surface area contributed by atoms with Crippen LogP contribution >= 0.6 is 11.8 Å². The minimum atomic E-state index is -4.76. The molecular formula is C29H22F6N4O2S. The summed E-state index contributed by atoms with van der Waals surface area (Å²) in [6.07, 6.45) is -9.53. The van der Waals surface area contributed by atoms with Gasteiger partial charge < -0.3 is 22.1 Å². The third-order valence-electron chi connectivity index (χ3n) is 5.96. The maximum atomic E-state index is 13.4. The van der Waals surface area contributed by atoms with Crippen LogP contribution in [0.25, 0.3) is 0 Å². The number of carbonyl (C=O) groups excluding carboxylic acids is 2. The highest BCUT2D eigenvalue weighted by Gasteiger charge is 2.36. The Morgan fingerprint density at radius 2 is 1.10 bits per heavy atom. The molecule has 0 bridgehead atoms. The predicted molar refractivity (Wildman–Crippen MR) is 149 cm³/mol. The van der Waals surface area contributed by atoms with Crippen molar-refractivity contribution in [3.05, 3.63) is 107 Å². The Balaban J connectivity index is 1.44. The zero-order valence-corrected chi connectivity index (χ0v) is 22.5. The molecule has 4 aromatic rings. The van der Waals surface area contributed by atoms with Gasteiger partial charge in [0.05, 0.1) is 22.3 Å². The van der Waals surface area contributed by atoms with Crippen LogP contribution in [0, 0.1) is 6.92 Å². The highest BCUT2D eigenvalue weighted by molar-refractivity contribution is 7.99. The molecule has 0 saturated heterocycles. The topological polar surface area (TPSA) is 110 Å². The molecule has 0 heterocycles. The zero-order chi connectivity index (χ0) is 30.8. The van der Waals surface area contributed by atoms with E-state index in [1.165, 1.54) is 42.1 Å². The number of rotatable bonds is 6. The molecule has 0 unspecified atom stereocenters. The van der Waals surface area contributed by atoms with Gasteiger partial charge in [0.15, 0.2) is 0 Å². The summed E-state index contributed by atoms with van der Waals surface area (Å²) in [5, 5.41) is 4.91. The maximum Gasteiger partial charge on any atom is 0.417 e. The SMILES string of the molecule is Cc1cc(NC(=O)c2ccc(N)cc2C(F)(F)F)ccc1Sc1ccc(NC(=O)c2ccc(N)cc2C(F)(F)F)cc1. The van der Waals surface area contributed by atoms with Crippen molar-refractivity contribution in [2.45, 2.75) is 29.1 Å². The van der Waals surface area contributed by atoms with Crippen molar-refractivity contribution in [3.63, 3.8) is 0 Å². The van der Waals surface area contributed by atoms with Crippen molar-refractivity contribution >= 4 is 46.3 Å². The lowest BCUT2D eigenvalue weighted by molar-refractivity contribution is -0.138. The van der Waals surface area contributed by atoms with Gasteiger partial charge in [0.1, 0.15) is 0 Å². The third kappa shape index (κ3) is 7.16. The molecule has 0 fully saturated rings. The Morgan fingerprint density at radius 3 is 1.55 bits per heavy atom. The second-order valence-electron chi connectivity index (χ2n) is 9.12. The van der Waals surface area contributed by atoms with E-state index < -0.39 is 46.4 Å². The number of alkyl halides is 6. The smallest absolute Gasteiger partial charge is 0.399 e. The number of benzene rings is 4. The molecular weight excluding hydrogens is 582 g/mol. The summed E-state index contributed by atoms with van der Waals surface area (Å²) in [5.41, 5.74) is 8.52. The number of nitrogens with one attached hydrogen (secondary N) is 2. The van der Waals surface area contributed by atoms with Crippen LogP contribution < -0.4 is 22.1 Å². The molecule has 0 aromatic heterocycles. The van der Waals surface area contributed by atoms with Gasteiger partial charge in [-0.3, -0.25) is 9.59 Å². The van der Waals surface area contributed by atoms with Gasteiger partial charge in [0, 0.05) is 32.5 Å². The van der Waals surface area contributed by atoms with E-state index in [1.54, 1.807) is 31.2 Å². The van der Waals surface area contributed by atoms with E-state index in [2.05, 4.69) is 10.6 Å². The monoisotopic (exact) mass is 604 g/mol. The lowest BCUT2D eigenvalue weighted by atomic mass is 10.1. The number of amides is 2. The average molecular weight is 605 g/mol. The lowest BCUT2D eigenvalue weighted by Crippen LogP contribution is -2.19. The Bertz CT molecular complexity index is 1650. The van der Waals surface area contributed by atoms with E-state index in [-0.39, 0.29) is 22.7 Å². The fraction of sp³-hybridized carbons (Fsp3) is 0.103. The van der Waals surface area contributed by atoms with Crippen molar-refractivity contribution in [1.29, 1.82) is 0 Å². The zero-order valence-electron chi connectivity index (χ0n) is 21.7. The number of halogens is 6. The number of anilines is 4. The molecule has 0 radical (unpaired) electrons. The summed E-state index contributed by atoms with van der Waals surface area (Å²) in [4.78, 5) is 26.7. The van der Waals surface area contributed by atoms with E-state index in [4.69, 9.17) is 11.5 Å². The molecule has 0 aliphatic rings. The second kappa shape index (κ2) is 11.7. The number of carbonyl (C=O) groups is 2. The van der Waals surface area contributed by atoms with E-state index in [0.29, 0.717) is 17.7 Å². The molecule has 0 spiro atoms. The molecule has 4 aromatic carbocycles. The molecule has 42 heavy (non-hydrogen) atoms. The third-order valence-corrected chi connectivity index (χ3v) is 7.15. The molecule has 0 atom stereocenters. The first-order chi connectivity index (χ1) is 19.6. The Labute approximate surface area is 240 Å². The highest BCUT2D eigenvalue weighted by Crippen LogP contribution is 2.36. The minimum Gasteiger partial charge on any atom is -0.399 e. The molecule has 0 saturated carbocycles. The number of nitrogens with two attached hydrogens (primary N) is 2. The van der Waals surface area contributed by atoms with Crippen LogP contribution in [-0.2, 0) is 12.4 Å². The molecule has 6 nitrogen and oxygen atoms in total. The van der Waals surface area contributed by atoms with E-state index in [1.807, 2.05) is 0 Å². The van der Waals surface area contributed by atoms with Crippen molar-refractivity contribution in [1.82, 2.24) is 0 Å². The first-order valence-electron chi connectivity index (χ1n) is 12.1. The van der Waals surface area contributed by atoms with Crippen molar-refractivity contribution in [3.8, 4) is 0 Å². The van der Waals surface area contributed by atoms with Crippen LogP contribution in [0.1, 0.15) is 37.4 Å². The molecule has 218 valence electrons. The summed E-state index contributed by atoms with van der Waals surface area (Å²) in [5.74, 6) is -1.89. The normalized spacial score (nSPS) is 11.7. The first kappa shape index (κ1) is 30.3. The van der Waals surface area contributed by atoms with Crippen LogP contribution in [0.15, 0.2) is 88.7 Å². The van der Waals surface area contributed by atoms with Gasteiger partial charge in [-0.25, -0.2) is 0 Å². The van der Waals surface area contributed by atoms with Crippen LogP contribution in [0.5, 0.6) is 0 Å². The van der Waals surface area contributed by atoms with Crippen LogP contribution in [0.3, 0.4) is 0 Å². The summed E-state index contributed by atoms with van der Waals surface area (Å²) in [7, 11) is 0. The summed E-state index contributed by atoms with van der Waals surface area (Å²) in [6.45, 7) is 1.75. The van der Waals surface area contributed by atoms with Gasteiger partial charge in [0.2, 0.25) is 0 Å². The van der Waals surface area contributed by atoms with Gasteiger partial charge in [-0.05, 0) is 91.3 Å². The van der Waals surface area contributed by atoms with Crippen LogP contribution in [-0.4, -0.2) is 11.8 Å². The van der Waals surface area contributed by atoms with Gasteiger partial charge in [-0.15, -0.1) is 0 Å². The molecule has 6 N–H and O–H groups in total. The summed E-state index contributed by atoms with van der Waals surface area (Å²) < 4.78 is 80.2. The van der Waals surface area contributed by atoms with Crippen molar-refractivity contribution < 1.29 is 35.9 Å². The number of aryl methyl sites for hydroxylation is 1. The Morgan fingerprint density at radius 1 is 0.643 bits per heavy atom. The Hall–Kier alpha value is -4.65. The fourth-order valence-corrected chi connectivity index (χ4v) is 4.84. The molecule has 0 aliphatic heterocycles. The maximum absolute atomic E-state index is 13.4. The van der Waals surface area contributed by atoms with Gasteiger partial charge in [0.25, 0.3) is 11.8 Å². The van der Waals surface area contributed by atoms with Gasteiger partial charge in [-0.1, -0.05) is 11.8 Å². The number of hydrogen-bond donors (Lipinski definition) is 4. The summed E-state index contributed by atoms with van der Waals surface area (Å²) >= 11 is 1.33. The number of hydrogen-bond acceptors (Lipinski definition) is 5. The Kier molecular flexibility index (Phi) is 8.43. The lowest BCUT2D eigenvalue weighted by Gasteiger charge is -2.15. The van der Waals surface area contributed by atoms with Crippen LogP contribution in [0.2, 0.25) is 0 Å². The standard InChI is InChI=1S/C29H22F6N4O2S/c1-15-12-19(39-27(41)22-10-3-17(37)14-24(22)29(33,34)35)6-11-25(15)42-20-7-4-18(5-8-20)38-26(40)21-9-2-16(36)13-23(21)28(30,31)32/h2-14H,36-37H2,1H3,(H,38,40)(H,39,41). The molecule has 0 aliphatic carbocycles. The molecule has 2 amide bonds. The molecule has 13 heteroatoms. The molecule has 4 rings (SSSR count). The summed E-state index contributed by atoms with van der Waals surface area (Å²) in [6, 6.07) is 17.0. The van der Waals surface area contributed by atoms with E-state index in [9.17, 15) is 35.9 Å². The van der Waals surface area contributed by atoms with E-state index in [0.717, 1.165) is 21.9 Å². The fourth-order valence-electron chi connectivity index (χ4n) is 3.96. The highest BCUT2D eigenvalue weighted by atomic mass is 32.2. The van der Waals surface area contributed by atoms with Crippen molar-refractivity contribution in [2.24, 2.45) is 0 Å². The average Bonchev–Trinajstić information content (AvgIpc) is 2.90. The quantitative estimate of drug-likeness (QED) is 0.132. The predicted octanol–water partition coefficient (Wildman–Crippen LogP) is 7.85. The van der Waals surface area contributed by atoms with Gasteiger partial charge in [-0.2, -0.15) is 26.3 Å². The van der Waals surface area contributed by atoms with E-state index >= 15 is 0 Å². The number of nitrogen functional groups attached to an aromatic ring is 2. The first-order valence-corrected chi connectivity index (χ1v) is 12.9. The van der Waals surface area contributed by atoms with Crippen molar-refractivity contribution in [2.75, 3.05) is 22.1 Å². The second-order valence-corrected chi connectivity index (χ2v) is 10.2. The van der Waals surface area contributed by atoms with Gasteiger partial charge >= 0.3 is 12.4 Å². The largest absolute Gasteiger partial charge is 0.417 e. The van der Waals surface area contributed by atoms with Crippen LogP contribution in [0.4, 0.5) is 49.1 Å². The minimum absolute atomic E-state index is 0.121.